The topological polar surface area (TPSA) is 164 Å². The summed E-state index contributed by atoms with van der Waals surface area (Å²) in [7, 11) is 0. The maximum absolute atomic E-state index is 12.4. The predicted molar refractivity (Wildman–Crippen MR) is 130 cm³/mol. The van der Waals surface area contributed by atoms with Crippen LogP contribution in [-0.4, -0.2) is 81.3 Å². The molecule has 0 unspecified atom stereocenters. The van der Waals surface area contributed by atoms with Gasteiger partial charge in [-0.2, -0.15) is 0 Å². The van der Waals surface area contributed by atoms with Crippen molar-refractivity contribution in [1.82, 2.24) is 15.1 Å². The molecular formula is C23H33N5O8. The van der Waals surface area contributed by atoms with E-state index in [1.165, 1.54) is 12.1 Å². The number of nitrogens with one attached hydrogen (secondary N) is 1. The number of carboxylic acid groups (broad SMARTS) is 1. The van der Waals surface area contributed by atoms with E-state index < -0.39 is 34.3 Å². The Morgan fingerprint density at radius 3 is 2.11 bits per heavy atom. The number of carboxylic acids is 1. The molecule has 1 aromatic rings. The van der Waals surface area contributed by atoms with Gasteiger partial charge in [0.1, 0.15) is 11.2 Å². The van der Waals surface area contributed by atoms with Gasteiger partial charge in [0, 0.05) is 44.9 Å². The Morgan fingerprint density at radius 2 is 1.61 bits per heavy atom. The van der Waals surface area contributed by atoms with Crippen molar-refractivity contribution in [2.75, 3.05) is 26.2 Å². The number of non-ortho nitro benzene ring substituents is 1. The first kappa shape index (κ1) is 28.5. The first-order chi connectivity index (χ1) is 16.5. The lowest BCUT2D eigenvalue weighted by Gasteiger charge is -2.36. The number of carbonyl (C=O) groups is 3. The van der Waals surface area contributed by atoms with Gasteiger partial charge in [0.25, 0.3) is 5.69 Å². The van der Waals surface area contributed by atoms with Gasteiger partial charge in [0.2, 0.25) is 5.96 Å². The van der Waals surface area contributed by atoms with Gasteiger partial charge in [-0.05, 0) is 53.2 Å². The Kier molecular flexibility index (Phi) is 8.97. The maximum atomic E-state index is 12.4. The highest BCUT2D eigenvalue weighted by atomic mass is 16.6. The van der Waals surface area contributed by atoms with Crippen molar-refractivity contribution in [3.05, 3.63) is 39.4 Å². The normalized spacial score (nSPS) is 15.3. The quantitative estimate of drug-likeness (QED) is 0.267. The number of nitro groups is 1. The number of aromatic carboxylic acids is 1. The second kappa shape index (κ2) is 11.3. The van der Waals surface area contributed by atoms with Crippen molar-refractivity contribution in [2.24, 2.45) is 4.99 Å². The van der Waals surface area contributed by atoms with Crippen LogP contribution in [-0.2, 0) is 16.0 Å². The van der Waals surface area contributed by atoms with Gasteiger partial charge in [-0.15, -0.1) is 4.99 Å². The van der Waals surface area contributed by atoms with Crippen LogP contribution < -0.4 is 5.32 Å². The largest absolute Gasteiger partial charge is 0.478 e. The summed E-state index contributed by atoms with van der Waals surface area (Å²) < 4.78 is 10.5. The molecular weight excluding hydrogens is 474 g/mol. The molecule has 0 atom stereocenters. The third-order valence-corrected chi connectivity index (χ3v) is 4.72. The van der Waals surface area contributed by atoms with E-state index in [-0.39, 0.29) is 23.8 Å². The van der Waals surface area contributed by atoms with Crippen molar-refractivity contribution >= 4 is 29.8 Å². The number of amides is 2. The second-order valence-electron chi connectivity index (χ2n) is 10.3. The zero-order valence-corrected chi connectivity index (χ0v) is 21.4. The highest BCUT2D eigenvalue weighted by Gasteiger charge is 2.26. The lowest BCUT2D eigenvalue weighted by atomic mass is 10.1. The monoisotopic (exact) mass is 507 g/mol. The fraction of sp³-hybridized carbons (Fsp3) is 0.565. The molecule has 36 heavy (non-hydrogen) atoms. The van der Waals surface area contributed by atoms with Gasteiger partial charge >= 0.3 is 18.2 Å². The number of guanidine groups is 1. The molecule has 1 aromatic carbocycles. The molecule has 0 aliphatic carbocycles. The maximum Gasteiger partial charge on any atom is 0.437 e. The summed E-state index contributed by atoms with van der Waals surface area (Å²) in [5, 5.41) is 23.0. The summed E-state index contributed by atoms with van der Waals surface area (Å²) in [4.78, 5) is 54.2. The summed E-state index contributed by atoms with van der Waals surface area (Å²) in [5.41, 5.74) is -1.50. The molecule has 1 fully saturated rings. The Bertz CT molecular complexity index is 1000. The van der Waals surface area contributed by atoms with E-state index in [1.54, 1.807) is 46.4 Å². The van der Waals surface area contributed by atoms with Gasteiger partial charge in [-0.1, -0.05) is 0 Å². The van der Waals surface area contributed by atoms with Gasteiger partial charge in [0.05, 0.1) is 10.5 Å². The number of nitrogens with zero attached hydrogens (tertiary/aromatic N) is 4. The summed E-state index contributed by atoms with van der Waals surface area (Å²) >= 11 is 0. The minimum absolute atomic E-state index is 0.0123. The standard InChI is InChI=1S/C23H33N5O8/c1-22(2,3)35-20(31)24-19(25-21(32)36-23(4,5)6)27-9-7-26(8-10-27)14-15-11-16(18(29)30)13-17(12-15)28(33)34/h11-13H,7-10,14H2,1-6H3,(H,29,30)(H,24,25,31,32). The number of ether oxygens (including phenoxy) is 2. The molecule has 0 radical (unpaired) electrons. The first-order valence-electron chi connectivity index (χ1n) is 11.3. The van der Waals surface area contributed by atoms with Crippen LogP contribution in [0.4, 0.5) is 15.3 Å². The lowest BCUT2D eigenvalue weighted by molar-refractivity contribution is -0.385. The first-order valence-corrected chi connectivity index (χ1v) is 11.3. The highest BCUT2D eigenvalue weighted by molar-refractivity contribution is 5.99. The molecule has 2 N–H and O–H groups in total. The summed E-state index contributed by atoms with van der Waals surface area (Å²) in [5.74, 6) is -1.26. The molecule has 0 spiro atoms. The SMILES string of the molecule is CC(C)(C)OC(=O)N=C(NC(=O)OC(C)(C)C)N1CCN(Cc2cc(C(=O)O)cc([N+](=O)[O-])c2)CC1. The van der Waals surface area contributed by atoms with E-state index >= 15 is 0 Å². The van der Waals surface area contributed by atoms with Crippen LogP contribution in [0.1, 0.15) is 57.5 Å². The Morgan fingerprint density at radius 1 is 1.03 bits per heavy atom. The minimum atomic E-state index is -1.25. The number of benzene rings is 1. The molecule has 1 heterocycles. The van der Waals surface area contributed by atoms with Gasteiger partial charge in [-0.3, -0.25) is 20.3 Å². The highest BCUT2D eigenvalue weighted by Crippen LogP contribution is 2.20. The third-order valence-electron chi connectivity index (χ3n) is 4.72. The number of rotatable bonds is 4. The summed E-state index contributed by atoms with van der Waals surface area (Å²) in [6.45, 7) is 12.1. The number of hydrogen-bond acceptors (Lipinski definition) is 8. The van der Waals surface area contributed by atoms with Crippen molar-refractivity contribution in [1.29, 1.82) is 0 Å². The number of hydrogen-bond donors (Lipinski definition) is 2. The molecule has 2 amide bonds. The minimum Gasteiger partial charge on any atom is -0.478 e. The molecule has 13 nitrogen and oxygen atoms in total. The Labute approximate surface area is 209 Å². The average Bonchev–Trinajstić information content (AvgIpc) is 2.70. The van der Waals surface area contributed by atoms with E-state index in [0.717, 1.165) is 6.07 Å². The van der Waals surface area contributed by atoms with Crippen LogP contribution in [0.2, 0.25) is 0 Å². The molecule has 0 saturated carbocycles. The van der Waals surface area contributed by atoms with Crippen molar-refractivity contribution < 1.29 is 33.9 Å². The Hall–Kier alpha value is -3.74. The van der Waals surface area contributed by atoms with Crippen molar-refractivity contribution in [3.63, 3.8) is 0 Å². The number of carbonyl (C=O) groups excluding carboxylic acids is 2. The number of alkyl carbamates (subject to hydrolysis) is 1. The average molecular weight is 508 g/mol. The van der Waals surface area contributed by atoms with Crippen LogP contribution in [0.15, 0.2) is 23.2 Å². The molecule has 0 aromatic heterocycles. The lowest BCUT2D eigenvalue weighted by Crippen LogP contribution is -2.54. The van der Waals surface area contributed by atoms with E-state index in [9.17, 15) is 29.6 Å². The van der Waals surface area contributed by atoms with Gasteiger partial charge in [0.15, 0.2) is 0 Å². The molecule has 1 aliphatic rings. The zero-order chi connectivity index (χ0) is 27.3. The van der Waals surface area contributed by atoms with Crippen LogP contribution in [0, 0.1) is 10.1 Å². The molecule has 1 saturated heterocycles. The van der Waals surface area contributed by atoms with Crippen LogP contribution in [0.3, 0.4) is 0 Å². The predicted octanol–water partition coefficient (Wildman–Crippen LogP) is 3.23. The molecule has 198 valence electrons. The summed E-state index contributed by atoms with van der Waals surface area (Å²) in [6, 6.07) is 3.77. The molecule has 0 bridgehead atoms. The summed E-state index contributed by atoms with van der Waals surface area (Å²) in [6.07, 6.45) is -1.64. The zero-order valence-electron chi connectivity index (χ0n) is 21.4. The van der Waals surface area contributed by atoms with E-state index in [0.29, 0.717) is 31.7 Å². The van der Waals surface area contributed by atoms with Gasteiger partial charge in [-0.25, -0.2) is 14.4 Å². The van der Waals surface area contributed by atoms with Gasteiger partial charge < -0.3 is 19.5 Å². The van der Waals surface area contributed by atoms with Crippen LogP contribution in [0.25, 0.3) is 0 Å². The fourth-order valence-electron chi connectivity index (χ4n) is 3.31. The smallest absolute Gasteiger partial charge is 0.437 e. The number of nitro benzene ring substituents is 1. The third kappa shape index (κ3) is 9.49. The number of aliphatic imine (C=N–C) groups is 1. The van der Waals surface area contributed by atoms with E-state index in [4.69, 9.17) is 9.47 Å². The van der Waals surface area contributed by atoms with E-state index in [1.807, 2.05) is 4.90 Å². The molecule has 13 heteroatoms. The van der Waals surface area contributed by atoms with Crippen LogP contribution in [0.5, 0.6) is 0 Å². The molecule has 2 rings (SSSR count). The second-order valence-corrected chi connectivity index (χ2v) is 10.3. The van der Waals surface area contributed by atoms with Crippen LogP contribution >= 0.6 is 0 Å². The van der Waals surface area contributed by atoms with Crippen molar-refractivity contribution in [2.45, 2.75) is 59.3 Å². The van der Waals surface area contributed by atoms with Crippen molar-refractivity contribution in [3.8, 4) is 0 Å². The fourth-order valence-corrected chi connectivity index (χ4v) is 3.31. The Balaban J connectivity index is 2.14. The molecule has 1 aliphatic heterocycles. The van der Waals surface area contributed by atoms with E-state index in [2.05, 4.69) is 10.3 Å². The number of piperazine rings is 1.